The van der Waals surface area contributed by atoms with Crippen molar-refractivity contribution in [2.45, 2.75) is 20.3 Å². The number of aryl methyl sites for hydroxylation is 2. The molecule has 0 saturated carbocycles. The van der Waals surface area contributed by atoms with E-state index in [-0.39, 0.29) is 12.3 Å². The van der Waals surface area contributed by atoms with Crippen LogP contribution in [0, 0.1) is 13.8 Å². The number of nitrogens with one attached hydrogen (secondary N) is 1. The molecule has 5 heteroatoms. The minimum absolute atomic E-state index is 0.101. The fourth-order valence-electron chi connectivity index (χ4n) is 2.35. The molecule has 112 valence electrons. The Morgan fingerprint density at radius 1 is 1.23 bits per heavy atom. The SMILES string of the molecule is Cc1cc(C)cc(NC(=O)Cc2cc(-c3cccs3)on2)c1. The van der Waals surface area contributed by atoms with Gasteiger partial charge < -0.3 is 9.84 Å². The van der Waals surface area contributed by atoms with E-state index in [2.05, 4.69) is 16.5 Å². The van der Waals surface area contributed by atoms with Crippen LogP contribution in [0.15, 0.2) is 46.3 Å². The molecule has 2 heterocycles. The minimum Gasteiger partial charge on any atom is -0.355 e. The molecule has 0 unspecified atom stereocenters. The standard InChI is InChI=1S/C17H16N2O2S/c1-11-6-12(2)8-13(7-11)18-17(20)10-14-9-15(21-19-14)16-4-3-5-22-16/h3-9H,10H2,1-2H3,(H,18,20). The van der Waals surface area contributed by atoms with Crippen LogP contribution in [0.1, 0.15) is 16.8 Å². The monoisotopic (exact) mass is 312 g/mol. The molecule has 4 nitrogen and oxygen atoms in total. The Kier molecular flexibility index (Phi) is 4.06. The molecule has 0 spiro atoms. The van der Waals surface area contributed by atoms with Crippen LogP contribution in [0.25, 0.3) is 10.6 Å². The van der Waals surface area contributed by atoms with Gasteiger partial charge in [0.05, 0.1) is 17.0 Å². The molecule has 1 aromatic carbocycles. The van der Waals surface area contributed by atoms with E-state index < -0.39 is 0 Å². The third-order valence-corrected chi connectivity index (χ3v) is 4.05. The normalized spacial score (nSPS) is 10.6. The van der Waals surface area contributed by atoms with Crippen LogP contribution in [0.2, 0.25) is 0 Å². The highest BCUT2D eigenvalue weighted by molar-refractivity contribution is 7.13. The van der Waals surface area contributed by atoms with E-state index in [0.29, 0.717) is 11.5 Å². The number of aromatic nitrogens is 1. The zero-order chi connectivity index (χ0) is 15.5. The second-order valence-corrected chi connectivity index (χ2v) is 6.21. The molecule has 0 aliphatic rings. The number of rotatable bonds is 4. The van der Waals surface area contributed by atoms with Crippen molar-refractivity contribution in [3.05, 3.63) is 58.6 Å². The highest BCUT2D eigenvalue weighted by Crippen LogP contribution is 2.25. The molecule has 0 aliphatic carbocycles. The summed E-state index contributed by atoms with van der Waals surface area (Å²) in [6.07, 6.45) is 0.196. The Hall–Kier alpha value is -2.40. The smallest absolute Gasteiger partial charge is 0.230 e. The van der Waals surface area contributed by atoms with E-state index >= 15 is 0 Å². The lowest BCUT2D eigenvalue weighted by Crippen LogP contribution is -2.14. The summed E-state index contributed by atoms with van der Waals surface area (Å²) in [6.45, 7) is 4.02. The van der Waals surface area contributed by atoms with E-state index in [1.165, 1.54) is 0 Å². The van der Waals surface area contributed by atoms with Crippen LogP contribution < -0.4 is 5.32 Å². The third kappa shape index (κ3) is 3.43. The summed E-state index contributed by atoms with van der Waals surface area (Å²) in [4.78, 5) is 13.1. The summed E-state index contributed by atoms with van der Waals surface area (Å²) < 4.78 is 5.28. The zero-order valence-electron chi connectivity index (χ0n) is 12.4. The first-order valence-corrected chi connectivity index (χ1v) is 7.86. The molecular formula is C17H16N2O2S. The fourth-order valence-corrected chi connectivity index (χ4v) is 3.02. The number of benzene rings is 1. The van der Waals surface area contributed by atoms with Crippen molar-refractivity contribution < 1.29 is 9.32 Å². The molecule has 0 bridgehead atoms. The first-order chi connectivity index (χ1) is 10.6. The van der Waals surface area contributed by atoms with Gasteiger partial charge in [0.2, 0.25) is 5.91 Å². The van der Waals surface area contributed by atoms with E-state index in [1.54, 1.807) is 11.3 Å². The number of carbonyl (C=O) groups is 1. The summed E-state index contributed by atoms with van der Waals surface area (Å²) >= 11 is 1.58. The van der Waals surface area contributed by atoms with Crippen LogP contribution in [0.4, 0.5) is 5.69 Å². The van der Waals surface area contributed by atoms with Crippen molar-refractivity contribution in [3.8, 4) is 10.6 Å². The van der Waals surface area contributed by atoms with Gasteiger partial charge in [0.1, 0.15) is 0 Å². The van der Waals surface area contributed by atoms with E-state index in [1.807, 2.05) is 49.6 Å². The van der Waals surface area contributed by atoms with Crippen molar-refractivity contribution >= 4 is 22.9 Å². The summed E-state index contributed by atoms with van der Waals surface area (Å²) in [5, 5.41) is 8.83. The van der Waals surface area contributed by atoms with Gasteiger partial charge in [-0.05, 0) is 48.6 Å². The molecule has 0 saturated heterocycles. The lowest BCUT2D eigenvalue weighted by Gasteiger charge is -2.06. The van der Waals surface area contributed by atoms with Crippen molar-refractivity contribution in [3.63, 3.8) is 0 Å². The van der Waals surface area contributed by atoms with Crippen molar-refractivity contribution in [2.75, 3.05) is 5.32 Å². The Morgan fingerprint density at radius 3 is 2.68 bits per heavy atom. The Labute approximate surface area is 132 Å². The number of hydrogen-bond acceptors (Lipinski definition) is 4. The van der Waals surface area contributed by atoms with Crippen molar-refractivity contribution in [2.24, 2.45) is 0 Å². The number of hydrogen-bond donors (Lipinski definition) is 1. The van der Waals surface area contributed by atoms with Gasteiger partial charge in [-0.2, -0.15) is 0 Å². The average molecular weight is 312 g/mol. The third-order valence-electron chi connectivity index (χ3n) is 3.17. The van der Waals surface area contributed by atoms with Crippen LogP contribution in [0.5, 0.6) is 0 Å². The second kappa shape index (κ2) is 6.15. The predicted octanol–water partition coefficient (Wildman–Crippen LogP) is 4.20. The predicted molar refractivity (Wildman–Crippen MR) is 88.1 cm³/mol. The van der Waals surface area contributed by atoms with Crippen molar-refractivity contribution in [1.29, 1.82) is 0 Å². The molecule has 0 fully saturated rings. The van der Waals surface area contributed by atoms with Gasteiger partial charge in [-0.1, -0.05) is 17.3 Å². The highest BCUT2D eigenvalue weighted by Gasteiger charge is 2.11. The van der Waals surface area contributed by atoms with Crippen LogP contribution in [-0.2, 0) is 11.2 Å². The molecule has 1 N–H and O–H groups in total. The number of anilines is 1. The molecule has 1 amide bonds. The number of nitrogens with zero attached hydrogens (tertiary/aromatic N) is 1. The summed E-state index contributed by atoms with van der Waals surface area (Å²) in [6, 6.07) is 11.7. The number of carbonyl (C=O) groups excluding carboxylic acids is 1. The second-order valence-electron chi connectivity index (χ2n) is 5.26. The topological polar surface area (TPSA) is 55.1 Å². The lowest BCUT2D eigenvalue weighted by molar-refractivity contribution is -0.115. The van der Waals surface area contributed by atoms with E-state index in [9.17, 15) is 4.79 Å². The first-order valence-electron chi connectivity index (χ1n) is 6.98. The number of amides is 1. The molecule has 2 aromatic heterocycles. The summed E-state index contributed by atoms with van der Waals surface area (Å²) in [5.74, 6) is 0.597. The minimum atomic E-state index is -0.101. The molecule has 0 aliphatic heterocycles. The highest BCUT2D eigenvalue weighted by atomic mass is 32.1. The van der Waals surface area contributed by atoms with Gasteiger partial charge >= 0.3 is 0 Å². The molecule has 3 rings (SSSR count). The van der Waals surface area contributed by atoms with Crippen molar-refractivity contribution in [1.82, 2.24) is 5.16 Å². The van der Waals surface area contributed by atoms with Crippen LogP contribution in [0.3, 0.4) is 0 Å². The Balaban J connectivity index is 1.67. The van der Waals surface area contributed by atoms with Gasteiger partial charge in [0, 0.05) is 11.8 Å². The lowest BCUT2D eigenvalue weighted by atomic mass is 10.1. The van der Waals surface area contributed by atoms with Crippen LogP contribution >= 0.6 is 11.3 Å². The first kappa shape index (κ1) is 14.5. The maximum absolute atomic E-state index is 12.1. The largest absolute Gasteiger partial charge is 0.355 e. The zero-order valence-corrected chi connectivity index (χ0v) is 13.2. The Bertz CT molecular complexity index is 771. The summed E-state index contributed by atoms with van der Waals surface area (Å²) in [5.41, 5.74) is 3.68. The molecular weight excluding hydrogens is 296 g/mol. The van der Waals surface area contributed by atoms with Crippen LogP contribution in [-0.4, -0.2) is 11.1 Å². The van der Waals surface area contributed by atoms with Gasteiger partial charge in [-0.25, -0.2) is 0 Å². The molecule has 0 radical (unpaired) electrons. The van der Waals surface area contributed by atoms with E-state index in [4.69, 9.17) is 4.52 Å². The molecule has 22 heavy (non-hydrogen) atoms. The molecule has 0 atom stereocenters. The number of thiophene rings is 1. The maximum atomic E-state index is 12.1. The fraction of sp³-hybridized carbons (Fsp3) is 0.176. The van der Waals surface area contributed by atoms with Gasteiger partial charge in [0.25, 0.3) is 0 Å². The average Bonchev–Trinajstić information content (AvgIpc) is 3.07. The van der Waals surface area contributed by atoms with Gasteiger partial charge in [-0.15, -0.1) is 11.3 Å². The van der Waals surface area contributed by atoms with Gasteiger partial charge in [0.15, 0.2) is 5.76 Å². The Morgan fingerprint density at radius 2 is 2.00 bits per heavy atom. The van der Waals surface area contributed by atoms with E-state index in [0.717, 1.165) is 21.7 Å². The quantitative estimate of drug-likeness (QED) is 0.785. The maximum Gasteiger partial charge on any atom is 0.230 e. The summed E-state index contributed by atoms with van der Waals surface area (Å²) in [7, 11) is 0. The molecule has 3 aromatic rings. The van der Waals surface area contributed by atoms with Gasteiger partial charge in [-0.3, -0.25) is 4.79 Å².